The summed E-state index contributed by atoms with van der Waals surface area (Å²) in [5, 5.41) is 20.2. The lowest BCUT2D eigenvalue weighted by Crippen LogP contribution is -2.23. The molecule has 0 fully saturated rings. The summed E-state index contributed by atoms with van der Waals surface area (Å²) in [6.45, 7) is 5.19. The van der Waals surface area contributed by atoms with Gasteiger partial charge in [-0.15, -0.1) is 5.10 Å². The molecule has 0 amide bonds. The second-order valence-electron chi connectivity index (χ2n) is 6.25. The number of hydrogen-bond acceptors (Lipinski definition) is 3. The van der Waals surface area contributed by atoms with Crippen LogP contribution in [0.25, 0.3) is 21.9 Å². The first-order valence-corrected chi connectivity index (χ1v) is 8.16. The summed E-state index contributed by atoms with van der Waals surface area (Å²) >= 11 is 0. The predicted octanol–water partition coefficient (Wildman–Crippen LogP) is 3.06. The van der Waals surface area contributed by atoms with E-state index in [1.165, 1.54) is 16.6 Å². The highest BCUT2D eigenvalue weighted by Gasteiger charge is 2.15. The van der Waals surface area contributed by atoms with Crippen molar-refractivity contribution < 1.29 is 5.11 Å². The Morgan fingerprint density at radius 2 is 1.67 bits per heavy atom. The van der Waals surface area contributed by atoms with E-state index in [1.54, 1.807) is 4.68 Å². The lowest BCUT2D eigenvalue weighted by Gasteiger charge is -2.15. The van der Waals surface area contributed by atoms with Gasteiger partial charge in [0.1, 0.15) is 5.52 Å². The molecular formula is C19H20N4O. The number of nitrogens with zero attached hydrogens (tertiary/aromatic N) is 4. The third kappa shape index (κ3) is 2.37. The Hall–Kier alpha value is -2.66. The fraction of sp³-hybridized carbons (Fsp3) is 0.263. The summed E-state index contributed by atoms with van der Waals surface area (Å²) in [6.07, 6.45) is -0.538. The molecular weight excluding hydrogens is 300 g/mol. The van der Waals surface area contributed by atoms with E-state index >= 15 is 0 Å². The monoisotopic (exact) mass is 320 g/mol. The minimum Gasteiger partial charge on any atom is -0.389 e. The summed E-state index contributed by atoms with van der Waals surface area (Å²) in [6, 6.07) is 16.1. The Balaban J connectivity index is 1.63. The first-order chi connectivity index (χ1) is 11.6. The van der Waals surface area contributed by atoms with Crippen LogP contribution in [0.15, 0.2) is 48.5 Å². The summed E-state index contributed by atoms with van der Waals surface area (Å²) < 4.78 is 3.96. The SMILES string of the molecule is Cc1c(C)n(C[C@H](O)Cn2nnc3ccccc32)c2ccccc12. The quantitative estimate of drug-likeness (QED) is 0.629. The maximum absolute atomic E-state index is 10.6. The van der Waals surface area contributed by atoms with Crippen molar-refractivity contribution in [3.8, 4) is 0 Å². The van der Waals surface area contributed by atoms with E-state index < -0.39 is 6.10 Å². The molecule has 5 nitrogen and oxygen atoms in total. The lowest BCUT2D eigenvalue weighted by molar-refractivity contribution is 0.131. The van der Waals surface area contributed by atoms with E-state index in [0.29, 0.717) is 13.1 Å². The zero-order chi connectivity index (χ0) is 16.7. The molecule has 24 heavy (non-hydrogen) atoms. The molecule has 0 saturated heterocycles. The minimum absolute atomic E-state index is 0.422. The summed E-state index contributed by atoms with van der Waals surface area (Å²) in [7, 11) is 0. The van der Waals surface area contributed by atoms with Gasteiger partial charge in [-0.2, -0.15) is 0 Å². The zero-order valence-corrected chi connectivity index (χ0v) is 13.8. The van der Waals surface area contributed by atoms with Crippen molar-refractivity contribution in [3.63, 3.8) is 0 Å². The van der Waals surface area contributed by atoms with Gasteiger partial charge in [0.2, 0.25) is 0 Å². The van der Waals surface area contributed by atoms with Gasteiger partial charge >= 0.3 is 0 Å². The number of para-hydroxylation sites is 2. The first kappa shape index (κ1) is 14.9. The molecule has 0 aliphatic heterocycles. The number of aliphatic hydroxyl groups excluding tert-OH is 1. The van der Waals surface area contributed by atoms with E-state index in [-0.39, 0.29) is 0 Å². The van der Waals surface area contributed by atoms with Gasteiger partial charge in [0, 0.05) is 16.6 Å². The van der Waals surface area contributed by atoms with Crippen LogP contribution in [0.5, 0.6) is 0 Å². The molecule has 0 saturated carbocycles. The van der Waals surface area contributed by atoms with E-state index in [9.17, 15) is 5.11 Å². The molecule has 0 aliphatic carbocycles. The zero-order valence-electron chi connectivity index (χ0n) is 13.8. The van der Waals surface area contributed by atoms with Crippen molar-refractivity contribution in [2.24, 2.45) is 0 Å². The Bertz CT molecular complexity index is 1010. The number of benzene rings is 2. The average Bonchev–Trinajstić information content (AvgIpc) is 3.11. The van der Waals surface area contributed by atoms with Crippen LogP contribution in [0.4, 0.5) is 0 Å². The Morgan fingerprint density at radius 3 is 2.50 bits per heavy atom. The molecule has 2 heterocycles. The largest absolute Gasteiger partial charge is 0.389 e. The molecule has 5 heteroatoms. The summed E-state index contributed by atoms with van der Waals surface area (Å²) in [4.78, 5) is 0. The predicted molar refractivity (Wildman–Crippen MR) is 94.9 cm³/mol. The fourth-order valence-electron chi connectivity index (χ4n) is 3.36. The molecule has 1 N–H and O–H groups in total. The van der Waals surface area contributed by atoms with Gasteiger partial charge in [0.05, 0.1) is 24.7 Å². The van der Waals surface area contributed by atoms with Crippen molar-refractivity contribution in [1.82, 2.24) is 19.6 Å². The smallest absolute Gasteiger partial charge is 0.113 e. The maximum atomic E-state index is 10.6. The Labute approximate surface area is 140 Å². The van der Waals surface area contributed by atoms with Crippen molar-refractivity contribution in [3.05, 3.63) is 59.8 Å². The van der Waals surface area contributed by atoms with E-state index in [1.807, 2.05) is 30.3 Å². The highest BCUT2D eigenvalue weighted by atomic mass is 16.3. The van der Waals surface area contributed by atoms with Gasteiger partial charge in [-0.25, -0.2) is 4.68 Å². The van der Waals surface area contributed by atoms with Crippen molar-refractivity contribution in [1.29, 1.82) is 0 Å². The number of fused-ring (bicyclic) bond motifs is 2. The highest BCUT2D eigenvalue weighted by molar-refractivity contribution is 5.85. The fourth-order valence-corrected chi connectivity index (χ4v) is 3.36. The molecule has 2 aromatic heterocycles. The molecule has 122 valence electrons. The Morgan fingerprint density at radius 1 is 0.958 bits per heavy atom. The normalized spacial score (nSPS) is 13.0. The van der Waals surface area contributed by atoms with E-state index in [2.05, 4.69) is 46.9 Å². The standard InChI is InChI=1S/C19H20N4O/c1-13-14(2)22(18-9-5-3-7-16(13)18)11-15(24)12-23-19-10-6-4-8-17(19)20-21-23/h3-10,15,24H,11-12H2,1-2H3/t15-/m0/s1. The number of aromatic nitrogens is 4. The van der Waals surface area contributed by atoms with Gasteiger partial charge in [-0.1, -0.05) is 35.5 Å². The first-order valence-electron chi connectivity index (χ1n) is 8.16. The van der Waals surface area contributed by atoms with Crippen molar-refractivity contribution in [2.75, 3.05) is 0 Å². The molecule has 0 bridgehead atoms. The average molecular weight is 320 g/mol. The Kier molecular flexibility index (Phi) is 3.58. The van der Waals surface area contributed by atoms with Crippen LogP contribution >= 0.6 is 0 Å². The third-order valence-corrected chi connectivity index (χ3v) is 4.74. The molecule has 0 spiro atoms. The molecule has 0 unspecified atom stereocenters. The summed E-state index contributed by atoms with van der Waals surface area (Å²) in [5.74, 6) is 0. The van der Waals surface area contributed by atoms with Crippen LogP contribution in [0.3, 0.4) is 0 Å². The molecule has 4 aromatic rings. The van der Waals surface area contributed by atoms with E-state index in [0.717, 1.165) is 16.6 Å². The van der Waals surface area contributed by atoms with Gasteiger partial charge in [0.15, 0.2) is 0 Å². The van der Waals surface area contributed by atoms with Crippen LogP contribution < -0.4 is 0 Å². The molecule has 0 radical (unpaired) electrons. The highest BCUT2D eigenvalue weighted by Crippen LogP contribution is 2.25. The minimum atomic E-state index is -0.538. The number of aliphatic hydroxyl groups is 1. The third-order valence-electron chi connectivity index (χ3n) is 4.74. The summed E-state index contributed by atoms with van der Waals surface area (Å²) in [5.41, 5.74) is 5.42. The van der Waals surface area contributed by atoms with Crippen LogP contribution in [-0.2, 0) is 13.1 Å². The number of aryl methyl sites for hydroxylation is 1. The lowest BCUT2D eigenvalue weighted by atomic mass is 10.2. The van der Waals surface area contributed by atoms with Gasteiger partial charge in [-0.3, -0.25) is 0 Å². The van der Waals surface area contributed by atoms with Crippen LogP contribution in [0.2, 0.25) is 0 Å². The van der Waals surface area contributed by atoms with Crippen LogP contribution in [-0.4, -0.2) is 30.8 Å². The second kappa shape index (κ2) is 5.76. The van der Waals surface area contributed by atoms with Crippen LogP contribution in [0.1, 0.15) is 11.3 Å². The van der Waals surface area contributed by atoms with Crippen molar-refractivity contribution in [2.45, 2.75) is 33.0 Å². The molecule has 2 aromatic carbocycles. The number of hydrogen-bond donors (Lipinski definition) is 1. The van der Waals surface area contributed by atoms with Gasteiger partial charge in [-0.05, 0) is 37.6 Å². The molecule has 1 atom stereocenters. The van der Waals surface area contributed by atoms with E-state index in [4.69, 9.17) is 0 Å². The van der Waals surface area contributed by atoms with Crippen LogP contribution in [0, 0.1) is 13.8 Å². The second-order valence-corrected chi connectivity index (χ2v) is 6.25. The van der Waals surface area contributed by atoms with Gasteiger partial charge < -0.3 is 9.67 Å². The van der Waals surface area contributed by atoms with Gasteiger partial charge in [0.25, 0.3) is 0 Å². The molecule has 0 aliphatic rings. The van der Waals surface area contributed by atoms with Crippen molar-refractivity contribution >= 4 is 21.9 Å². The maximum Gasteiger partial charge on any atom is 0.113 e. The topological polar surface area (TPSA) is 55.9 Å². The molecule has 4 rings (SSSR count). The number of rotatable bonds is 4.